The summed E-state index contributed by atoms with van der Waals surface area (Å²) >= 11 is 6.40. The summed E-state index contributed by atoms with van der Waals surface area (Å²) in [6, 6.07) is 17.5. The molecule has 4 rings (SSSR count). The number of para-hydroxylation sites is 2. The number of benzene rings is 2. The first kappa shape index (κ1) is 23.4. The Morgan fingerprint density at radius 3 is 2.26 bits per heavy atom. The molecule has 2 aromatic carbocycles. The fourth-order valence-electron chi connectivity index (χ4n) is 2.85. The molecule has 4 aromatic rings. The predicted molar refractivity (Wildman–Crippen MR) is 127 cm³/mol. The molecule has 10 nitrogen and oxygen atoms in total. The summed E-state index contributed by atoms with van der Waals surface area (Å²) < 4.78 is 41.7. The quantitative estimate of drug-likeness (QED) is 0.333. The van der Waals surface area contributed by atoms with Crippen LogP contribution in [0.1, 0.15) is 5.56 Å². The number of halogens is 1. The zero-order chi connectivity index (χ0) is 24.0. The Balaban J connectivity index is 1.70. The number of rotatable bonds is 9. The Kier molecular flexibility index (Phi) is 7.16. The molecule has 0 aliphatic rings. The molecule has 34 heavy (non-hydrogen) atoms. The molecule has 0 fully saturated rings. The maximum absolute atomic E-state index is 12.8. The Hall–Kier alpha value is -3.80. The highest BCUT2D eigenvalue weighted by molar-refractivity contribution is 7.90. The van der Waals surface area contributed by atoms with Crippen LogP contribution in [-0.2, 0) is 16.8 Å². The van der Waals surface area contributed by atoms with Crippen molar-refractivity contribution in [2.75, 3.05) is 11.8 Å². The van der Waals surface area contributed by atoms with E-state index in [0.29, 0.717) is 5.75 Å². The fraction of sp³-hybridized carbons (Fsp3) is 0.0909. The summed E-state index contributed by atoms with van der Waals surface area (Å²) in [5, 5.41) is -0.149. The fourth-order valence-corrected chi connectivity index (χ4v) is 3.88. The van der Waals surface area contributed by atoms with Crippen molar-refractivity contribution in [3.8, 4) is 28.9 Å². The number of nitrogens with zero attached hydrogens (tertiary/aromatic N) is 4. The van der Waals surface area contributed by atoms with Crippen molar-refractivity contribution >= 4 is 27.6 Å². The summed E-state index contributed by atoms with van der Waals surface area (Å²) in [5.41, 5.74) is 0.775. The van der Waals surface area contributed by atoms with E-state index in [1.54, 1.807) is 42.5 Å². The number of aromatic nitrogens is 4. The van der Waals surface area contributed by atoms with Gasteiger partial charge in [-0.05, 0) is 23.8 Å². The van der Waals surface area contributed by atoms with Gasteiger partial charge in [-0.1, -0.05) is 54.1 Å². The molecule has 2 aromatic heterocycles. The van der Waals surface area contributed by atoms with Crippen LogP contribution in [-0.4, -0.2) is 35.5 Å². The van der Waals surface area contributed by atoms with E-state index in [1.807, 2.05) is 18.2 Å². The van der Waals surface area contributed by atoms with Crippen molar-refractivity contribution in [2.24, 2.45) is 0 Å². The van der Waals surface area contributed by atoms with Crippen molar-refractivity contribution in [2.45, 2.75) is 6.54 Å². The molecule has 0 amide bonds. The first-order valence-electron chi connectivity index (χ1n) is 9.92. The van der Waals surface area contributed by atoms with Crippen LogP contribution in [0, 0.1) is 0 Å². The lowest BCUT2D eigenvalue weighted by molar-refractivity contribution is 0.378. The van der Waals surface area contributed by atoms with E-state index in [2.05, 4.69) is 29.4 Å². The largest absolute Gasteiger partial charge is 0.493 e. The molecule has 174 valence electrons. The van der Waals surface area contributed by atoms with E-state index in [9.17, 15) is 8.42 Å². The number of hydrogen-bond donors (Lipinski definition) is 2. The third kappa shape index (κ3) is 5.76. The van der Waals surface area contributed by atoms with Crippen LogP contribution in [0.2, 0.25) is 5.15 Å². The van der Waals surface area contributed by atoms with Gasteiger partial charge in [0.1, 0.15) is 0 Å². The third-order valence-electron chi connectivity index (χ3n) is 4.41. The molecule has 2 heterocycles. The molecule has 0 aliphatic carbocycles. The maximum atomic E-state index is 12.8. The van der Waals surface area contributed by atoms with Crippen molar-refractivity contribution < 1.29 is 17.9 Å². The SMILES string of the molecule is COc1ccccc1Oc1c(Cl)nc(-c2ncccn2)nc1NS(=O)(=O)NCc1ccccc1. The van der Waals surface area contributed by atoms with E-state index < -0.39 is 10.2 Å². The Morgan fingerprint density at radius 1 is 0.882 bits per heavy atom. The highest BCUT2D eigenvalue weighted by atomic mass is 35.5. The minimum absolute atomic E-state index is 0.0127. The molecule has 0 atom stereocenters. The van der Waals surface area contributed by atoms with Gasteiger partial charge < -0.3 is 9.47 Å². The average Bonchev–Trinajstić information content (AvgIpc) is 2.86. The summed E-state index contributed by atoms with van der Waals surface area (Å²) in [6.07, 6.45) is 3.01. The molecule has 0 bridgehead atoms. The van der Waals surface area contributed by atoms with Gasteiger partial charge in [0.2, 0.25) is 11.6 Å². The number of methoxy groups -OCH3 is 1. The average molecular weight is 499 g/mol. The van der Waals surface area contributed by atoms with Gasteiger partial charge in [0.15, 0.2) is 28.3 Å². The molecular weight excluding hydrogens is 480 g/mol. The van der Waals surface area contributed by atoms with Crippen molar-refractivity contribution in [3.63, 3.8) is 0 Å². The van der Waals surface area contributed by atoms with Gasteiger partial charge >= 0.3 is 10.2 Å². The number of anilines is 1. The number of hydrogen-bond acceptors (Lipinski definition) is 8. The molecule has 2 N–H and O–H groups in total. The van der Waals surface area contributed by atoms with Gasteiger partial charge in [-0.3, -0.25) is 4.72 Å². The van der Waals surface area contributed by atoms with Crippen molar-refractivity contribution in [1.82, 2.24) is 24.7 Å². The minimum atomic E-state index is -4.08. The molecule has 0 unspecified atom stereocenters. The topological polar surface area (TPSA) is 128 Å². The van der Waals surface area contributed by atoms with Crippen LogP contribution >= 0.6 is 11.6 Å². The second-order valence-corrected chi connectivity index (χ2v) is 8.61. The lowest BCUT2D eigenvalue weighted by Crippen LogP contribution is -2.30. The molecule has 0 saturated heterocycles. The van der Waals surface area contributed by atoms with Gasteiger partial charge in [0, 0.05) is 18.9 Å². The van der Waals surface area contributed by atoms with Gasteiger partial charge in [0.25, 0.3) is 0 Å². The predicted octanol–water partition coefficient (Wildman–Crippen LogP) is 3.83. The van der Waals surface area contributed by atoms with Crippen LogP contribution < -0.4 is 18.9 Å². The Labute approximate surface area is 201 Å². The van der Waals surface area contributed by atoms with Gasteiger partial charge in [-0.25, -0.2) is 19.9 Å². The lowest BCUT2D eigenvalue weighted by atomic mass is 10.2. The Bertz CT molecular complexity index is 1380. The van der Waals surface area contributed by atoms with Crippen LogP contribution in [0.3, 0.4) is 0 Å². The zero-order valence-electron chi connectivity index (χ0n) is 17.8. The smallest absolute Gasteiger partial charge is 0.300 e. The number of ether oxygens (including phenoxy) is 2. The van der Waals surface area contributed by atoms with Crippen LogP contribution in [0.4, 0.5) is 5.82 Å². The summed E-state index contributed by atoms with van der Waals surface area (Å²) in [5.74, 6) is 0.552. The molecular formula is C22H19ClN6O4S. The molecule has 0 saturated carbocycles. The molecule has 12 heteroatoms. The van der Waals surface area contributed by atoms with E-state index >= 15 is 0 Å². The third-order valence-corrected chi connectivity index (χ3v) is 5.65. The normalized spacial score (nSPS) is 11.1. The molecule has 0 aliphatic heterocycles. The Morgan fingerprint density at radius 2 is 1.56 bits per heavy atom. The van der Waals surface area contributed by atoms with Crippen LogP contribution in [0.15, 0.2) is 73.1 Å². The second kappa shape index (κ2) is 10.4. The van der Waals surface area contributed by atoms with E-state index in [-0.39, 0.29) is 40.7 Å². The maximum Gasteiger partial charge on any atom is 0.300 e. The number of nitrogens with one attached hydrogen (secondary N) is 2. The van der Waals surface area contributed by atoms with Crippen LogP contribution in [0.5, 0.6) is 17.2 Å². The highest BCUT2D eigenvalue weighted by Crippen LogP contribution is 2.39. The van der Waals surface area contributed by atoms with Crippen molar-refractivity contribution in [1.29, 1.82) is 0 Å². The summed E-state index contributed by atoms with van der Waals surface area (Å²) in [7, 11) is -2.60. The minimum Gasteiger partial charge on any atom is -0.493 e. The van der Waals surface area contributed by atoms with E-state index in [4.69, 9.17) is 21.1 Å². The van der Waals surface area contributed by atoms with E-state index in [1.165, 1.54) is 19.5 Å². The van der Waals surface area contributed by atoms with Gasteiger partial charge in [-0.15, -0.1) is 0 Å². The second-order valence-electron chi connectivity index (χ2n) is 6.75. The standard InChI is InChI=1S/C22H19ClN6O4S/c1-32-16-10-5-6-11-17(16)33-18-19(23)27-22(21-24-12-7-13-25-21)28-20(18)29-34(30,31)26-14-15-8-3-2-4-9-15/h2-13,26H,14H2,1H3,(H,27,28,29). The van der Waals surface area contributed by atoms with Crippen molar-refractivity contribution in [3.05, 3.63) is 83.8 Å². The summed E-state index contributed by atoms with van der Waals surface area (Å²) in [4.78, 5) is 16.7. The highest BCUT2D eigenvalue weighted by Gasteiger charge is 2.23. The summed E-state index contributed by atoms with van der Waals surface area (Å²) in [6.45, 7) is 0.0618. The molecule has 0 radical (unpaired) electrons. The monoisotopic (exact) mass is 498 g/mol. The lowest BCUT2D eigenvalue weighted by Gasteiger charge is -2.16. The zero-order valence-corrected chi connectivity index (χ0v) is 19.4. The van der Waals surface area contributed by atoms with E-state index in [0.717, 1.165) is 5.56 Å². The molecule has 0 spiro atoms. The first-order valence-corrected chi connectivity index (χ1v) is 11.8. The van der Waals surface area contributed by atoms with Gasteiger partial charge in [-0.2, -0.15) is 13.1 Å². The van der Waals surface area contributed by atoms with Crippen LogP contribution in [0.25, 0.3) is 11.6 Å². The van der Waals surface area contributed by atoms with Gasteiger partial charge in [0.05, 0.1) is 7.11 Å². The first-order chi connectivity index (χ1) is 16.4.